The molecule has 3 rings (SSSR count). The van der Waals surface area contributed by atoms with Gasteiger partial charge in [0, 0.05) is 23.2 Å². The lowest BCUT2D eigenvalue weighted by atomic mass is 10.0. The molecular weight excluding hydrogens is 330 g/mol. The van der Waals surface area contributed by atoms with Gasteiger partial charge in [-0.2, -0.15) is 10.1 Å². The van der Waals surface area contributed by atoms with Gasteiger partial charge in [-0.1, -0.05) is 28.9 Å². The van der Waals surface area contributed by atoms with E-state index in [-0.39, 0.29) is 0 Å². The highest BCUT2D eigenvalue weighted by Gasteiger charge is 2.19. The van der Waals surface area contributed by atoms with Crippen molar-refractivity contribution < 1.29 is 0 Å². The number of rotatable bonds is 3. The molecule has 0 bridgehead atoms. The van der Waals surface area contributed by atoms with E-state index in [1.807, 2.05) is 24.3 Å². The van der Waals surface area contributed by atoms with Crippen molar-refractivity contribution in [3.8, 4) is 0 Å². The van der Waals surface area contributed by atoms with Crippen molar-refractivity contribution in [3.63, 3.8) is 0 Å². The van der Waals surface area contributed by atoms with Crippen LogP contribution >= 0.6 is 15.9 Å². The van der Waals surface area contributed by atoms with Crippen LogP contribution in [0.1, 0.15) is 19.8 Å². The van der Waals surface area contributed by atoms with Gasteiger partial charge in [0.2, 0.25) is 5.95 Å². The molecule has 21 heavy (non-hydrogen) atoms. The summed E-state index contributed by atoms with van der Waals surface area (Å²) in [5, 5.41) is 11.5. The number of benzene rings is 1. The second-order valence-corrected chi connectivity index (χ2v) is 6.39. The van der Waals surface area contributed by atoms with Crippen molar-refractivity contribution in [3.05, 3.63) is 34.9 Å². The van der Waals surface area contributed by atoms with E-state index in [0.29, 0.717) is 11.9 Å². The summed E-state index contributed by atoms with van der Waals surface area (Å²) < 4.78 is 1.03. The Bertz CT molecular complexity index is 619. The Kier molecular flexibility index (Phi) is 4.34. The van der Waals surface area contributed by atoms with E-state index in [2.05, 4.69) is 48.3 Å². The second-order valence-electron chi connectivity index (χ2n) is 5.47. The summed E-state index contributed by atoms with van der Waals surface area (Å²) in [7, 11) is 0. The lowest BCUT2D eigenvalue weighted by Gasteiger charge is -2.30. The Labute approximate surface area is 132 Å². The van der Waals surface area contributed by atoms with Crippen LogP contribution in [0.15, 0.2) is 34.9 Å². The number of hydrogen-bond acceptors (Lipinski definition) is 5. The molecule has 2 heterocycles. The molecule has 1 unspecified atom stereocenters. The standard InChI is InChI=1S/C15H18BrN5/c1-11-4-3-7-21(10-11)15-19-14(9-17-20-15)18-13-6-2-5-12(16)8-13/h2,5-6,8-9,11H,3-4,7,10H2,1H3,(H,18,19,20). The molecule has 110 valence electrons. The minimum absolute atomic E-state index is 0.684. The molecule has 0 amide bonds. The lowest BCUT2D eigenvalue weighted by Crippen LogP contribution is -2.35. The number of nitrogens with zero attached hydrogens (tertiary/aromatic N) is 4. The first-order valence-electron chi connectivity index (χ1n) is 7.18. The minimum atomic E-state index is 0.684. The molecule has 1 saturated heterocycles. The van der Waals surface area contributed by atoms with Gasteiger partial charge < -0.3 is 10.2 Å². The van der Waals surface area contributed by atoms with Crippen LogP contribution in [0.3, 0.4) is 0 Å². The van der Waals surface area contributed by atoms with Crippen molar-refractivity contribution in [1.29, 1.82) is 0 Å². The Morgan fingerprint density at radius 3 is 3.10 bits per heavy atom. The average Bonchev–Trinajstić information content (AvgIpc) is 2.47. The van der Waals surface area contributed by atoms with E-state index in [9.17, 15) is 0 Å². The summed E-state index contributed by atoms with van der Waals surface area (Å²) in [6, 6.07) is 7.97. The van der Waals surface area contributed by atoms with Crippen LogP contribution in [0.25, 0.3) is 0 Å². The summed E-state index contributed by atoms with van der Waals surface area (Å²) >= 11 is 3.46. The van der Waals surface area contributed by atoms with Gasteiger partial charge in [0.05, 0.1) is 6.20 Å². The highest BCUT2D eigenvalue weighted by molar-refractivity contribution is 9.10. The van der Waals surface area contributed by atoms with E-state index in [1.54, 1.807) is 6.20 Å². The lowest BCUT2D eigenvalue weighted by molar-refractivity contribution is 0.441. The van der Waals surface area contributed by atoms with E-state index < -0.39 is 0 Å². The van der Waals surface area contributed by atoms with Gasteiger partial charge in [-0.05, 0) is 37.0 Å². The van der Waals surface area contributed by atoms with Crippen molar-refractivity contribution in [2.24, 2.45) is 5.92 Å². The van der Waals surface area contributed by atoms with Gasteiger partial charge in [0.25, 0.3) is 0 Å². The number of piperidine rings is 1. The third-order valence-corrected chi connectivity index (χ3v) is 4.08. The van der Waals surface area contributed by atoms with Crippen molar-refractivity contribution >= 4 is 33.4 Å². The van der Waals surface area contributed by atoms with Gasteiger partial charge in [0.15, 0.2) is 5.82 Å². The van der Waals surface area contributed by atoms with Crippen LogP contribution in [0, 0.1) is 5.92 Å². The quantitative estimate of drug-likeness (QED) is 0.918. The maximum Gasteiger partial charge on any atom is 0.247 e. The first kappa shape index (κ1) is 14.3. The maximum atomic E-state index is 4.58. The third-order valence-electron chi connectivity index (χ3n) is 3.58. The monoisotopic (exact) mass is 347 g/mol. The van der Waals surface area contributed by atoms with E-state index in [1.165, 1.54) is 12.8 Å². The van der Waals surface area contributed by atoms with Gasteiger partial charge in [0.1, 0.15) is 0 Å². The van der Waals surface area contributed by atoms with Crippen molar-refractivity contribution in [2.75, 3.05) is 23.3 Å². The predicted molar refractivity (Wildman–Crippen MR) is 87.9 cm³/mol. The fourth-order valence-corrected chi connectivity index (χ4v) is 2.97. The molecule has 1 atom stereocenters. The molecule has 1 aromatic carbocycles. The first-order valence-corrected chi connectivity index (χ1v) is 7.97. The van der Waals surface area contributed by atoms with Crippen LogP contribution in [0.2, 0.25) is 0 Å². The van der Waals surface area contributed by atoms with E-state index in [0.717, 1.165) is 29.1 Å². The fraction of sp³-hybridized carbons (Fsp3) is 0.400. The summed E-state index contributed by atoms with van der Waals surface area (Å²) in [4.78, 5) is 6.80. The van der Waals surface area contributed by atoms with Crippen LogP contribution in [-0.4, -0.2) is 28.3 Å². The Morgan fingerprint density at radius 1 is 1.38 bits per heavy atom. The average molecular weight is 348 g/mol. The highest BCUT2D eigenvalue weighted by atomic mass is 79.9. The molecule has 0 radical (unpaired) electrons. The molecule has 1 fully saturated rings. The number of hydrogen-bond donors (Lipinski definition) is 1. The van der Waals surface area contributed by atoms with E-state index >= 15 is 0 Å². The molecular formula is C15H18BrN5. The number of aromatic nitrogens is 3. The van der Waals surface area contributed by atoms with Gasteiger partial charge >= 0.3 is 0 Å². The summed E-state index contributed by atoms with van der Waals surface area (Å²) in [5.74, 6) is 2.11. The highest BCUT2D eigenvalue weighted by Crippen LogP contribution is 2.22. The molecule has 0 spiro atoms. The van der Waals surface area contributed by atoms with Gasteiger partial charge in [-0.15, -0.1) is 5.10 Å². The smallest absolute Gasteiger partial charge is 0.247 e. The molecule has 1 aromatic heterocycles. The molecule has 5 nitrogen and oxygen atoms in total. The largest absolute Gasteiger partial charge is 0.339 e. The molecule has 0 saturated carbocycles. The zero-order valence-corrected chi connectivity index (χ0v) is 13.5. The molecule has 1 aliphatic rings. The Morgan fingerprint density at radius 2 is 2.29 bits per heavy atom. The maximum absolute atomic E-state index is 4.58. The van der Waals surface area contributed by atoms with Crippen molar-refractivity contribution in [1.82, 2.24) is 15.2 Å². The summed E-state index contributed by atoms with van der Waals surface area (Å²) in [6.45, 7) is 4.28. The van der Waals surface area contributed by atoms with Crippen LogP contribution in [0.4, 0.5) is 17.5 Å². The Balaban J connectivity index is 1.76. The van der Waals surface area contributed by atoms with Crippen molar-refractivity contribution in [2.45, 2.75) is 19.8 Å². The van der Waals surface area contributed by atoms with Gasteiger partial charge in [-0.3, -0.25) is 0 Å². The number of nitrogens with one attached hydrogen (secondary N) is 1. The SMILES string of the molecule is CC1CCCN(c2nncc(Nc3cccc(Br)c3)n2)C1. The third kappa shape index (κ3) is 3.69. The Hall–Kier alpha value is -1.69. The van der Waals surface area contributed by atoms with Crippen LogP contribution < -0.4 is 10.2 Å². The minimum Gasteiger partial charge on any atom is -0.339 e. The topological polar surface area (TPSA) is 53.9 Å². The molecule has 1 aliphatic heterocycles. The number of anilines is 3. The van der Waals surface area contributed by atoms with E-state index in [4.69, 9.17) is 0 Å². The van der Waals surface area contributed by atoms with Crippen LogP contribution in [-0.2, 0) is 0 Å². The normalized spacial score (nSPS) is 18.6. The fourth-order valence-electron chi connectivity index (χ4n) is 2.57. The number of halogens is 1. The molecule has 2 aromatic rings. The first-order chi connectivity index (χ1) is 10.2. The van der Waals surface area contributed by atoms with Gasteiger partial charge in [-0.25, -0.2) is 0 Å². The molecule has 6 heteroatoms. The molecule has 0 aliphatic carbocycles. The zero-order valence-electron chi connectivity index (χ0n) is 12.0. The van der Waals surface area contributed by atoms with Crippen LogP contribution in [0.5, 0.6) is 0 Å². The predicted octanol–water partition coefficient (Wildman–Crippen LogP) is 3.61. The zero-order chi connectivity index (χ0) is 14.7. The second kappa shape index (κ2) is 6.39. The summed E-state index contributed by atoms with van der Waals surface area (Å²) in [6.07, 6.45) is 4.12. The molecule has 1 N–H and O–H groups in total. The summed E-state index contributed by atoms with van der Waals surface area (Å²) in [5.41, 5.74) is 0.975.